The van der Waals surface area contributed by atoms with Crippen LogP contribution in [0, 0.1) is 4.91 Å². The maximum absolute atomic E-state index is 11.4. The average molecular weight is 283 g/mol. The molecule has 1 fully saturated rings. The van der Waals surface area contributed by atoms with E-state index in [4.69, 9.17) is 9.84 Å². The predicted molar refractivity (Wildman–Crippen MR) is 57.9 cm³/mol. The Kier molecular flexibility index (Phi) is 4.43. The van der Waals surface area contributed by atoms with E-state index in [-0.39, 0.29) is 11.9 Å². The number of carbonyl (C=O) groups excluding carboxylic acids is 1. The molecule has 0 saturated carbocycles. The number of Topliss-reactive ketones (excluding diaryl/α,β-unsaturated/α-hetero) is 1. The average Bonchev–Trinajstić information content (AvgIpc) is 2.32. The Morgan fingerprint density at radius 2 is 2.00 bits per heavy atom. The van der Waals surface area contributed by atoms with Crippen LogP contribution in [-0.2, 0) is 9.53 Å². The van der Waals surface area contributed by atoms with Crippen LogP contribution < -0.4 is 0 Å². The molecule has 0 radical (unpaired) electrons. The highest BCUT2D eigenvalue weighted by atomic mass is 32.2. The van der Waals surface area contributed by atoms with Crippen molar-refractivity contribution in [3.05, 3.63) is 4.91 Å². The van der Waals surface area contributed by atoms with Crippen LogP contribution in [0.1, 0.15) is 6.92 Å². The van der Waals surface area contributed by atoms with Crippen LogP contribution in [0.2, 0.25) is 0 Å². The van der Waals surface area contributed by atoms with Crippen molar-refractivity contribution in [3.63, 3.8) is 0 Å². The van der Waals surface area contributed by atoms with Crippen LogP contribution in [0.3, 0.4) is 0 Å². The second-order valence-electron chi connectivity index (χ2n) is 3.84. The monoisotopic (exact) mass is 283 g/mol. The summed E-state index contributed by atoms with van der Waals surface area (Å²) in [5.41, 5.74) is 0. The van der Waals surface area contributed by atoms with Gasteiger partial charge in [0.1, 0.15) is 18.3 Å². The molecule has 1 rings (SSSR count). The summed E-state index contributed by atoms with van der Waals surface area (Å²) in [4.78, 5) is 18.7. The topological polar surface area (TPSA) is 157 Å². The molecule has 18 heavy (non-hydrogen) atoms. The lowest BCUT2D eigenvalue weighted by atomic mass is 9.90. The van der Waals surface area contributed by atoms with E-state index in [0.29, 0.717) is 0 Å². The molecule has 1 aliphatic rings. The van der Waals surface area contributed by atoms with Crippen molar-refractivity contribution >= 4 is 17.7 Å². The van der Waals surface area contributed by atoms with Crippen molar-refractivity contribution in [1.29, 1.82) is 0 Å². The summed E-state index contributed by atoms with van der Waals surface area (Å²) in [7, 11) is 0. The van der Waals surface area contributed by atoms with Crippen LogP contribution in [-0.4, -0.2) is 67.0 Å². The van der Waals surface area contributed by atoms with Crippen LogP contribution in [0.4, 0.5) is 0 Å². The molecule has 5 N–H and O–H groups in total. The first kappa shape index (κ1) is 15.4. The van der Waals surface area contributed by atoms with E-state index >= 15 is 0 Å². The molecular weight excluding hydrogens is 270 g/mol. The van der Waals surface area contributed by atoms with E-state index in [1.807, 2.05) is 0 Å². The lowest BCUT2D eigenvalue weighted by molar-refractivity contribution is -0.341. The van der Waals surface area contributed by atoms with E-state index in [9.17, 15) is 30.1 Å². The van der Waals surface area contributed by atoms with Gasteiger partial charge in [-0.1, -0.05) is 0 Å². The van der Waals surface area contributed by atoms with Crippen molar-refractivity contribution in [1.82, 2.24) is 0 Å². The number of nitroso groups, excluding NO2 is 1. The molecule has 0 aromatic heterocycles. The van der Waals surface area contributed by atoms with Crippen molar-refractivity contribution in [2.45, 2.75) is 36.0 Å². The lowest BCUT2D eigenvalue weighted by Crippen LogP contribution is -2.73. The Hall–Kier alpha value is -0.620. The zero-order chi connectivity index (χ0) is 14.1. The molecule has 0 amide bonds. The number of rotatable bonds is 4. The highest BCUT2D eigenvalue weighted by molar-refractivity contribution is 7.99. The first-order valence-electron chi connectivity index (χ1n) is 4.86. The summed E-state index contributed by atoms with van der Waals surface area (Å²) in [6.45, 7) is 0.0261. The van der Waals surface area contributed by atoms with Crippen LogP contribution in [0.5, 0.6) is 0 Å². The van der Waals surface area contributed by atoms with E-state index in [1.165, 1.54) is 0 Å². The zero-order valence-electron chi connectivity index (χ0n) is 9.26. The maximum atomic E-state index is 11.4. The molecule has 1 heterocycles. The fourth-order valence-corrected chi connectivity index (χ4v) is 2.34. The van der Waals surface area contributed by atoms with Gasteiger partial charge in [0.2, 0.25) is 4.93 Å². The van der Waals surface area contributed by atoms with Gasteiger partial charge in [-0.2, -0.15) is 0 Å². The molecule has 1 aliphatic heterocycles. The SMILES string of the molecule is CC(=O)C1(O)O[C@H](CO)[C@@H](O)[C@H](O)[C@@]1(O)SN=O. The van der Waals surface area contributed by atoms with Gasteiger partial charge in [0, 0.05) is 11.5 Å². The Morgan fingerprint density at radius 1 is 1.44 bits per heavy atom. The molecule has 104 valence electrons. The molecule has 0 aromatic rings. The third-order valence-electron chi connectivity index (χ3n) is 2.75. The number of carbonyl (C=O) groups is 1. The molecule has 5 atom stereocenters. The maximum Gasteiger partial charge on any atom is 0.271 e. The minimum absolute atomic E-state index is 0.248. The van der Waals surface area contributed by atoms with Crippen molar-refractivity contribution in [2.24, 2.45) is 4.58 Å². The van der Waals surface area contributed by atoms with Gasteiger partial charge in [-0.15, -0.1) is 4.91 Å². The molecule has 0 spiro atoms. The van der Waals surface area contributed by atoms with Gasteiger partial charge in [0.15, 0.2) is 5.78 Å². The predicted octanol–water partition coefficient (Wildman–Crippen LogP) is -2.52. The summed E-state index contributed by atoms with van der Waals surface area (Å²) in [6, 6.07) is 0. The van der Waals surface area contributed by atoms with Gasteiger partial charge >= 0.3 is 0 Å². The number of aliphatic hydroxyl groups excluding tert-OH is 3. The molecule has 0 aliphatic carbocycles. The van der Waals surface area contributed by atoms with E-state index < -0.39 is 41.4 Å². The summed E-state index contributed by atoms with van der Waals surface area (Å²) < 4.78 is 6.95. The van der Waals surface area contributed by atoms with Crippen molar-refractivity contribution in [3.8, 4) is 0 Å². The highest BCUT2D eigenvalue weighted by Crippen LogP contribution is 2.45. The largest absolute Gasteiger partial charge is 0.394 e. The summed E-state index contributed by atoms with van der Waals surface area (Å²) in [5, 5.41) is 48.1. The summed E-state index contributed by atoms with van der Waals surface area (Å²) in [5.74, 6) is -4.09. The molecular formula is C8H13NO8S. The standard InChI is InChI=1S/C8H13NO8S/c1-3(11)7(14)8(15,18-9-16)6(13)5(12)4(2-10)17-7/h4-6,10,12-15H,2H2,1H3/t4-,5-,6+,7?,8-/m1/s1. The second-order valence-corrected chi connectivity index (χ2v) is 4.79. The van der Waals surface area contributed by atoms with Gasteiger partial charge in [-0.3, -0.25) is 4.79 Å². The number of ether oxygens (including phenoxy) is 1. The highest BCUT2D eigenvalue weighted by Gasteiger charge is 2.67. The van der Waals surface area contributed by atoms with Crippen molar-refractivity contribution < 1.29 is 35.1 Å². The van der Waals surface area contributed by atoms with Gasteiger partial charge < -0.3 is 30.3 Å². The van der Waals surface area contributed by atoms with Gasteiger partial charge in [0.25, 0.3) is 5.79 Å². The molecule has 1 saturated heterocycles. The molecule has 9 nitrogen and oxygen atoms in total. The first-order valence-corrected chi connectivity index (χ1v) is 5.63. The molecule has 0 aromatic carbocycles. The Morgan fingerprint density at radius 3 is 2.39 bits per heavy atom. The Bertz CT molecular complexity index is 354. The number of hydrogen-bond acceptors (Lipinski definition) is 10. The minimum atomic E-state index is -2.97. The molecule has 1 unspecified atom stereocenters. The van der Waals surface area contributed by atoms with Crippen molar-refractivity contribution in [2.75, 3.05) is 6.61 Å². The minimum Gasteiger partial charge on any atom is -0.394 e. The third kappa shape index (κ3) is 2.05. The second kappa shape index (κ2) is 5.17. The van der Waals surface area contributed by atoms with Crippen LogP contribution in [0.25, 0.3) is 0 Å². The van der Waals surface area contributed by atoms with Crippen LogP contribution in [0.15, 0.2) is 4.58 Å². The van der Waals surface area contributed by atoms with E-state index in [1.54, 1.807) is 0 Å². The van der Waals surface area contributed by atoms with Gasteiger partial charge in [-0.25, -0.2) is 0 Å². The zero-order valence-corrected chi connectivity index (χ0v) is 10.1. The molecule has 0 bridgehead atoms. The third-order valence-corrected chi connectivity index (χ3v) is 3.62. The Balaban J connectivity index is 3.26. The fraction of sp³-hybridized carbons (Fsp3) is 0.875. The molecule has 10 heteroatoms. The van der Waals surface area contributed by atoms with Crippen LogP contribution >= 0.6 is 11.9 Å². The van der Waals surface area contributed by atoms with E-state index in [2.05, 4.69) is 4.58 Å². The summed E-state index contributed by atoms with van der Waals surface area (Å²) in [6.07, 6.45) is -5.43. The number of nitrogens with zero attached hydrogens (tertiary/aromatic N) is 1. The van der Waals surface area contributed by atoms with E-state index in [0.717, 1.165) is 6.92 Å². The first-order chi connectivity index (χ1) is 8.24. The Labute approximate surface area is 105 Å². The lowest BCUT2D eigenvalue weighted by Gasteiger charge is -2.49. The fourth-order valence-electron chi connectivity index (χ4n) is 1.66. The smallest absolute Gasteiger partial charge is 0.271 e. The normalized spacial score (nSPS) is 44.7. The number of hydrogen-bond donors (Lipinski definition) is 5. The van der Waals surface area contributed by atoms with Gasteiger partial charge in [0.05, 0.1) is 18.6 Å². The van der Waals surface area contributed by atoms with Gasteiger partial charge in [-0.05, 0) is 0 Å². The summed E-state index contributed by atoms with van der Waals surface area (Å²) >= 11 is -0.248. The number of ketones is 1. The number of aliphatic hydroxyl groups is 5. The quantitative estimate of drug-likeness (QED) is 0.213.